The van der Waals surface area contributed by atoms with Crippen LogP contribution in [0.4, 0.5) is 0 Å². The molecule has 0 aliphatic carbocycles. The molecule has 132 valence electrons. The van der Waals surface area contributed by atoms with Crippen molar-refractivity contribution in [3.05, 3.63) is 70.1 Å². The van der Waals surface area contributed by atoms with Crippen molar-refractivity contribution >= 4 is 40.3 Å². The highest BCUT2D eigenvalue weighted by atomic mass is 32.2. The summed E-state index contributed by atoms with van der Waals surface area (Å²) in [4.78, 5) is 15.1. The molecule has 0 spiro atoms. The van der Waals surface area contributed by atoms with E-state index in [-0.39, 0.29) is 12.0 Å². The number of nitrogens with zero attached hydrogens (tertiary/aromatic N) is 1. The van der Waals surface area contributed by atoms with Gasteiger partial charge < -0.3 is 4.74 Å². The standard InChI is InChI=1S/C21H19NO2S2/c1-14-11-17-12-16(7-8-18(17)24-14)13-19-20(23)22(21(25)26-19)10-9-15-5-3-2-4-6-15/h2-8,12-14H,9-11H2,1H3/b19-13-. The lowest BCUT2D eigenvalue weighted by Gasteiger charge is -2.14. The van der Waals surface area contributed by atoms with Crippen LogP contribution in [0.25, 0.3) is 6.08 Å². The molecule has 0 radical (unpaired) electrons. The lowest BCUT2D eigenvalue weighted by molar-refractivity contribution is -0.122. The molecule has 1 amide bonds. The van der Waals surface area contributed by atoms with Crippen LogP contribution in [0.15, 0.2) is 53.4 Å². The number of thioether (sulfide) groups is 1. The molecule has 5 heteroatoms. The number of fused-ring (bicyclic) bond motifs is 1. The molecule has 1 atom stereocenters. The van der Waals surface area contributed by atoms with Crippen LogP contribution < -0.4 is 4.74 Å². The number of rotatable bonds is 4. The highest BCUT2D eigenvalue weighted by Gasteiger charge is 2.31. The van der Waals surface area contributed by atoms with Gasteiger partial charge >= 0.3 is 0 Å². The summed E-state index contributed by atoms with van der Waals surface area (Å²) in [6, 6.07) is 16.2. The second-order valence-electron chi connectivity index (χ2n) is 6.57. The van der Waals surface area contributed by atoms with Crippen molar-refractivity contribution in [2.45, 2.75) is 25.9 Å². The fourth-order valence-electron chi connectivity index (χ4n) is 3.26. The van der Waals surface area contributed by atoms with Gasteiger partial charge in [-0.3, -0.25) is 9.69 Å². The average molecular weight is 382 g/mol. The quantitative estimate of drug-likeness (QED) is 0.578. The lowest BCUT2D eigenvalue weighted by atomic mass is 10.1. The Morgan fingerprint density at radius 1 is 1.27 bits per heavy atom. The minimum absolute atomic E-state index is 0.000970. The fourth-order valence-corrected chi connectivity index (χ4v) is 4.57. The van der Waals surface area contributed by atoms with E-state index in [1.807, 2.05) is 36.4 Å². The summed E-state index contributed by atoms with van der Waals surface area (Å²) in [6.45, 7) is 2.68. The van der Waals surface area contributed by atoms with E-state index in [1.165, 1.54) is 22.9 Å². The molecule has 2 aliphatic rings. The predicted octanol–water partition coefficient (Wildman–Crippen LogP) is 4.45. The summed E-state index contributed by atoms with van der Waals surface area (Å²) >= 11 is 6.81. The van der Waals surface area contributed by atoms with Gasteiger partial charge in [0.15, 0.2) is 0 Å². The number of carbonyl (C=O) groups excluding carboxylic acids is 1. The minimum Gasteiger partial charge on any atom is -0.490 e. The van der Waals surface area contributed by atoms with Crippen LogP contribution in [-0.2, 0) is 17.6 Å². The first-order chi connectivity index (χ1) is 12.6. The number of hydrogen-bond donors (Lipinski definition) is 0. The van der Waals surface area contributed by atoms with Crippen molar-refractivity contribution in [3.8, 4) is 5.75 Å². The normalized spacial score (nSPS) is 20.6. The third kappa shape index (κ3) is 3.55. The van der Waals surface area contributed by atoms with Gasteiger partial charge in [-0.2, -0.15) is 0 Å². The zero-order chi connectivity index (χ0) is 18.1. The second kappa shape index (κ2) is 7.25. The molecule has 2 aromatic carbocycles. The van der Waals surface area contributed by atoms with Crippen LogP contribution in [0.1, 0.15) is 23.6 Å². The highest BCUT2D eigenvalue weighted by Crippen LogP contribution is 2.34. The number of amides is 1. The summed E-state index contributed by atoms with van der Waals surface area (Å²) in [7, 11) is 0. The van der Waals surface area contributed by atoms with E-state index < -0.39 is 0 Å². The largest absolute Gasteiger partial charge is 0.490 e. The monoisotopic (exact) mass is 381 g/mol. The van der Waals surface area contributed by atoms with E-state index in [1.54, 1.807) is 4.90 Å². The topological polar surface area (TPSA) is 29.5 Å². The molecule has 3 nitrogen and oxygen atoms in total. The molecular weight excluding hydrogens is 362 g/mol. The molecule has 0 N–H and O–H groups in total. The lowest BCUT2D eigenvalue weighted by Crippen LogP contribution is -2.30. The van der Waals surface area contributed by atoms with Crippen molar-refractivity contribution in [3.63, 3.8) is 0 Å². The molecule has 26 heavy (non-hydrogen) atoms. The number of hydrogen-bond acceptors (Lipinski definition) is 4. The number of benzene rings is 2. The Kier molecular flexibility index (Phi) is 4.83. The van der Waals surface area contributed by atoms with Crippen molar-refractivity contribution in [2.24, 2.45) is 0 Å². The maximum Gasteiger partial charge on any atom is 0.266 e. The first kappa shape index (κ1) is 17.3. The van der Waals surface area contributed by atoms with Crippen LogP contribution in [0, 0.1) is 0 Å². The van der Waals surface area contributed by atoms with Gasteiger partial charge in [-0.15, -0.1) is 0 Å². The van der Waals surface area contributed by atoms with Gasteiger partial charge in [-0.05, 0) is 48.2 Å². The predicted molar refractivity (Wildman–Crippen MR) is 110 cm³/mol. The molecular formula is C21H19NO2S2. The molecule has 1 fully saturated rings. The summed E-state index contributed by atoms with van der Waals surface area (Å²) in [5.41, 5.74) is 3.43. The van der Waals surface area contributed by atoms with E-state index >= 15 is 0 Å². The van der Waals surface area contributed by atoms with Crippen molar-refractivity contribution in [1.82, 2.24) is 4.90 Å². The molecule has 2 heterocycles. The summed E-state index contributed by atoms with van der Waals surface area (Å²) in [5.74, 6) is 0.950. The van der Waals surface area contributed by atoms with Gasteiger partial charge in [-0.25, -0.2) is 0 Å². The third-order valence-electron chi connectivity index (χ3n) is 4.56. The maximum atomic E-state index is 12.8. The highest BCUT2D eigenvalue weighted by molar-refractivity contribution is 8.26. The third-order valence-corrected chi connectivity index (χ3v) is 5.94. The molecule has 2 aliphatic heterocycles. The molecule has 0 bridgehead atoms. The smallest absolute Gasteiger partial charge is 0.266 e. The molecule has 0 saturated carbocycles. The Balaban J connectivity index is 1.48. The van der Waals surface area contributed by atoms with E-state index in [0.717, 1.165) is 24.2 Å². The van der Waals surface area contributed by atoms with Crippen LogP contribution in [0.3, 0.4) is 0 Å². The van der Waals surface area contributed by atoms with E-state index in [4.69, 9.17) is 17.0 Å². The Bertz CT molecular complexity index is 892. The van der Waals surface area contributed by atoms with Gasteiger partial charge in [-0.1, -0.05) is 60.4 Å². The average Bonchev–Trinajstić information content (AvgIpc) is 3.13. The van der Waals surface area contributed by atoms with Crippen LogP contribution in [0.2, 0.25) is 0 Å². The van der Waals surface area contributed by atoms with E-state index in [0.29, 0.717) is 15.8 Å². The first-order valence-corrected chi connectivity index (χ1v) is 9.91. The van der Waals surface area contributed by atoms with Crippen molar-refractivity contribution in [1.29, 1.82) is 0 Å². The van der Waals surface area contributed by atoms with Gasteiger partial charge in [0, 0.05) is 13.0 Å². The van der Waals surface area contributed by atoms with Gasteiger partial charge in [0.2, 0.25) is 0 Å². The Morgan fingerprint density at radius 2 is 2.08 bits per heavy atom. The second-order valence-corrected chi connectivity index (χ2v) is 8.24. The SMILES string of the molecule is CC1Cc2cc(/C=C3\SC(=S)N(CCc4ccccc4)C3=O)ccc2O1. The Morgan fingerprint density at radius 3 is 2.88 bits per heavy atom. The number of thiocarbonyl (C=S) groups is 1. The maximum absolute atomic E-state index is 12.8. The molecule has 0 aromatic heterocycles. The first-order valence-electron chi connectivity index (χ1n) is 8.69. The Labute approximate surface area is 163 Å². The van der Waals surface area contributed by atoms with Crippen molar-refractivity contribution < 1.29 is 9.53 Å². The van der Waals surface area contributed by atoms with E-state index in [9.17, 15) is 4.79 Å². The number of carbonyl (C=O) groups is 1. The molecule has 4 rings (SSSR count). The van der Waals surface area contributed by atoms with Crippen LogP contribution >= 0.6 is 24.0 Å². The Hall–Kier alpha value is -2.11. The minimum atomic E-state index is 0.000970. The zero-order valence-electron chi connectivity index (χ0n) is 14.5. The number of ether oxygens (including phenoxy) is 1. The van der Waals surface area contributed by atoms with Crippen LogP contribution in [0.5, 0.6) is 5.75 Å². The molecule has 1 unspecified atom stereocenters. The summed E-state index contributed by atoms with van der Waals surface area (Å²) in [5, 5.41) is 0. The van der Waals surface area contributed by atoms with Crippen molar-refractivity contribution in [2.75, 3.05) is 6.54 Å². The van der Waals surface area contributed by atoms with Gasteiger partial charge in [0.1, 0.15) is 16.2 Å². The zero-order valence-corrected chi connectivity index (χ0v) is 16.1. The summed E-state index contributed by atoms with van der Waals surface area (Å²) < 4.78 is 6.37. The fraction of sp³-hybridized carbons (Fsp3) is 0.238. The van der Waals surface area contributed by atoms with Gasteiger partial charge in [0.05, 0.1) is 4.91 Å². The van der Waals surface area contributed by atoms with Gasteiger partial charge in [0.25, 0.3) is 5.91 Å². The molecule has 2 aromatic rings. The van der Waals surface area contributed by atoms with Crippen LogP contribution in [-0.4, -0.2) is 27.8 Å². The van der Waals surface area contributed by atoms with E-state index in [2.05, 4.69) is 25.1 Å². The molecule has 1 saturated heterocycles. The summed E-state index contributed by atoms with van der Waals surface area (Å²) in [6.07, 6.45) is 3.87.